The molecule has 0 bridgehead atoms. The van der Waals surface area contributed by atoms with Crippen molar-refractivity contribution in [2.75, 3.05) is 6.61 Å². The molecule has 1 aliphatic rings. The number of nitrogens with one attached hydrogen (secondary N) is 1. The van der Waals surface area contributed by atoms with E-state index in [4.69, 9.17) is 0 Å². The fourth-order valence-electron chi connectivity index (χ4n) is 2.28. The van der Waals surface area contributed by atoms with Crippen molar-refractivity contribution in [2.24, 2.45) is 11.8 Å². The van der Waals surface area contributed by atoms with Crippen molar-refractivity contribution in [1.29, 1.82) is 0 Å². The first-order chi connectivity index (χ1) is 8.22. The summed E-state index contributed by atoms with van der Waals surface area (Å²) in [6, 6.07) is 11.2. The van der Waals surface area contributed by atoms with Crippen molar-refractivity contribution in [3.63, 3.8) is 0 Å². The summed E-state index contributed by atoms with van der Waals surface area (Å²) in [5.41, 5.74) is 1.36. The average Bonchev–Trinajstić information content (AvgIpc) is 3.15. The molecule has 0 saturated heterocycles. The quantitative estimate of drug-likeness (QED) is 0.792. The average molecular weight is 233 g/mol. The molecule has 0 radical (unpaired) electrons. The van der Waals surface area contributed by atoms with Gasteiger partial charge < -0.3 is 10.4 Å². The van der Waals surface area contributed by atoms with Gasteiger partial charge in [0, 0.05) is 12.1 Å². The molecule has 1 aromatic carbocycles. The second-order valence-corrected chi connectivity index (χ2v) is 5.43. The lowest BCUT2D eigenvalue weighted by Crippen LogP contribution is -2.40. The highest BCUT2D eigenvalue weighted by molar-refractivity contribution is 5.21. The standard InChI is InChI=1S/C15H23NO/c1-11(2)14(10-17)16-15(13-8-9-13)12-6-4-3-5-7-12/h3-7,11,13-17H,8-10H2,1-2H3/t14?,15-/m1/s1. The fourth-order valence-corrected chi connectivity index (χ4v) is 2.28. The zero-order valence-electron chi connectivity index (χ0n) is 10.8. The molecule has 1 aliphatic carbocycles. The topological polar surface area (TPSA) is 32.3 Å². The number of benzene rings is 1. The molecule has 2 rings (SSSR count). The van der Waals surface area contributed by atoms with Crippen molar-refractivity contribution in [2.45, 2.75) is 38.8 Å². The van der Waals surface area contributed by atoms with E-state index < -0.39 is 0 Å². The van der Waals surface area contributed by atoms with Gasteiger partial charge in [-0.25, -0.2) is 0 Å². The predicted molar refractivity (Wildman–Crippen MR) is 70.8 cm³/mol. The Morgan fingerprint density at radius 1 is 1.24 bits per heavy atom. The molecule has 1 saturated carbocycles. The van der Waals surface area contributed by atoms with Gasteiger partial charge in [0.15, 0.2) is 0 Å². The molecule has 2 N–H and O–H groups in total. The van der Waals surface area contributed by atoms with Crippen molar-refractivity contribution in [1.82, 2.24) is 5.32 Å². The minimum atomic E-state index is 0.195. The maximum absolute atomic E-state index is 9.43. The zero-order chi connectivity index (χ0) is 12.3. The van der Waals surface area contributed by atoms with E-state index in [9.17, 15) is 5.11 Å². The summed E-state index contributed by atoms with van der Waals surface area (Å²) in [4.78, 5) is 0. The SMILES string of the molecule is CC(C)C(CO)N[C@H](c1ccccc1)C1CC1. The van der Waals surface area contributed by atoms with Crippen molar-refractivity contribution < 1.29 is 5.11 Å². The Hall–Kier alpha value is -0.860. The third-order valence-corrected chi connectivity index (χ3v) is 3.65. The molecule has 2 nitrogen and oxygen atoms in total. The molecule has 1 aromatic rings. The number of rotatable bonds is 6. The van der Waals surface area contributed by atoms with Gasteiger partial charge in [-0.05, 0) is 30.2 Å². The van der Waals surface area contributed by atoms with E-state index >= 15 is 0 Å². The van der Waals surface area contributed by atoms with Crippen molar-refractivity contribution in [3.8, 4) is 0 Å². The number of aliphatic hydroxyl groups is 1. The van der Waals surface area contributed by atoms with Crippen LogP contribution >= 0.6 is 0 Å². The lowest BCUT2D eigenvalue weighted by Gasteiger charge is -2.27. The first-order valence-electron chi connectivity index (χ1n) is 6.64. The van der Waals surface area contributed by atoms with Crippen LogP contribution in [0.5, 0.6) is 0 Å². The Bertz CT molecular complexity index is 332. The van der Waals surface area contributed by atoms with Gasteiger partial charge in [-0.3, -0.25) is 0 Å². The van der Waals surface area contributed by atoms with Crippen LogP contribution in [0.2, 0.25) is 0 Å². The molecule has 2 atom stereocenters. The Morgan fingerprint density at radius 2 is 1.88 bits per heavy atom. The molecule has 1 unspecified atom stereocenters. The predicted octanol–water partition coefficient (Wildman–Crippen LogP) is 2.74. The summed E-state index contributed by atoms with van der Waals surface area (Å²) in [5, 5.41) is 13.1. The monoisotopic (exact) mass is 233 g/mol. The van der Waals surface area contributed by atoms with E-state index in [-0.39, 0.29) is 12.6 Å². The summed E-state index contributed by atoms with van der Waals surface area (Å²) in [6.07, 6.45) is 2.62. The van der Waals surface area contributed by atoms with Gasteiger partial charge in [0.25, 0.3) is 0 Å². The molecule has 17 heavy (non-hydrogen) atoms. The molecule has 94 valence electrons. The highest BCUT2D eigenvalue weighted by Gasteiger charge is 2.33. The van der Waals surface area contributed by atoms with Gasteiger partial charge in [-0.1, -0.05) is 44.2 Å². The highest BCUT2D eigenvalue weighted by atomic mass is 16.3. The van der Waals surface area contributed by atoms with Crippen LogP contribution in [0.3, 0.4) is 0 Å². The van der Waals surface area contributed by atoms with E-state index in [0.29, 0.717) is 12.0 Å². The van der Waals surface area contributed by atoms with Crippen LogP contribution in [-0.2, 0) is 0 Å². The lowest BCUT2D eigenvalue weighted by atomic mass is 9.98. The first kappa shape index (κ1) is 12.6. The zero-order valence-corrected chi connectivity index (χ0v) is 10.8. The third kappa shape index (κ3) is 3.30. The third-order valence-electron chi connectivity index (χ3n) is 3.65. The second-order valence-electron chi connectivity index (χ2n) is 5.43. The smallest absolute Gasteiger partial charge is 0.0587 e. The Labute approximate surface area is 104 Å². The maximum atomic E-state index is 9.43. The van der Waals surface area contributed by atoms with Crippen LogP contribution in [0.1, 0.15) is 38.3 Å². The summed E-state index contributed by atoms with van der Waals surface area (Å²) < 4.78 is 0. The molecule has 0 amide bonds. The van der Waals surface area contributed by atoms with E-state index in [1.807, 2.05) is 0 Å². The Morgan fingerprint density at radius 3 is 2.35 bits per heavy atom. The van der Waals surface area contributed by atoms with Crippen LogP contribution in [0.4, 0.5) is 0 Å². The normalized spacial score (nSPS) is 19.3. The fraction of sp³-hybridized carbons (Fsp3) is 0.600. The summed E-state index contributed by atoms with van der Waals surface area (Å²) in [6.45, 7) is 4.53. The largest absolute Gasteiger partial charge is 0.395 e. The van der Waals surface area contributed by atoms with E-state index in [2.05, 4.69) is 49.5 Å². The molecule has 1 fully saturated rings. The van der Waals surface area contributed by atoms with E-state index in [0.717, 1.165) is 5.92 Å². The maximum Gasteiger partial charge on any atom is 0.0587 e. The van der Waals surface area contributed by atoms with Crippen LogP contribution in [0, 0.1) is 11.8 Å². The minimum absolute atomic E-state index is 0.195. The van der Waals surface area contributed by atoms with Crippen molar-refractivity contribution >= 4 is 0 Å². The van der Waals surface area contributed by atoms with Crippen LogP contribution in [0.25, 0.3) is 0 Å². The molecule has 0 aliphatic heterocycles. The van der Waals surface area contributed by atoms with Gasteiger partial charge >= 0.3 is 0 Å². The Kier molecular flexibility index (Phi) is 4.19. The van der Waals surface area contributed by atoms with Crippen LogP contribution in [-0.4, -0.2) is 17.8 Å². The molecule has 0 heterocycles. The number of aliphatic hydroxyl groups excluding tert-OH is 1. The van der Waals surface area contributed by atoms with E-state index in [1.54, 1.807) is 0 Å². The van der Waals surface area contributed by atoms with Gasteiger partial charge in [-0.15, -0.1) is 0 Å². The molecule has 0 spiro atoms. The van der Waals surface area contributed by atoms with Gasteiger partial charge in [-0.2, -0.15) is 0 Å². The summed E-state index contributed by atoms with van der Waals surface area (Å²) in [7, 11) is 0. The molecular formula is C15H23NO. The van der Waals surface area contributed by atoms with Gasteiger partial charge in [0.1, 0.15) is 0 Å². The molecule has 2 heteroatoms. The van der Waals surface area contributed by atoms with Gasteiger partial charge in [0.2, 0.25) is 0 Å². The van der Waals surface area contributed by atoms with Crippen molar-refractivity contribution in [3.05, 3.63) is 35.9 Å². The molecular weight excluding hydrogens is 210 g/mol. The van der Waals surface area contributed by atoms with Crippen LogP contribution < -0.4 is 5.32 Å². The first-order valence-corrected chi connectivity index (χ1v) is 6.64. The minimum Gasteiger partial charge on any atom is -0.395 e. The number of hydrogen-bond donors (Lipinski definition) is 2. The number of hydrogen-bond acceptors (Lipinski definition) is 2. The lowest BCUT2D eigenvalue weighted by molar-refractivity contribution is 0.194. The van der Waals surface area contributed by atoms with Gasteiger partial charge in [0.05, 0.1) is 6.61 Å². The molecule has 0 aromatic heterocycles. The Balaban J connectivity index is 2.08. The highest BCUT2D eigenvalue weighted by Crippen LogP contribution is 2.41. The van der Waals surface area contributed by atoms with E-state index in [1.165, 1.54) is 18.4 Å². The van der Waals surface area contributed by atoms with Crippen LogP contribution in [0.15, 0.2) is 30.3 Å². The summed E-state index contributed by atoms with van der Waals surface area (Å²) in [5.74, 6) is 1.22. The second kappa shape index (κ2) is 5.65. The summed E-state index contributed by atoms with van der Waals surface area (Å²) >= 11 is 0.